The van der Waals surface area contributed by atoms with Crippen molar-refractivity contribution in [3.63, 3.8) is 0 Å². The second kappa shape index (κ2) is 7.83. The van der Waals surface area contributed by atoms with Gasteiger partial charge in [0.25, 0.3) is 5.91 Å². The van der Waals surface area contributed by atoms with Gasteiger partial charge in [0.1, 0.15) is 0 Å². The molecule has 1 aliphatic carbocycles. The highest BCUT2D eigenvalue weighted by Gasteiger charge is 2.29. The van der Waals surface area contributed by atoms with Gasteiger partial charge in [-0.3, -0.25) is 9.59 Å². The van der Waals surface area contributed by atoms with Gasteiger partial charge in [-0.1, -0.05) is 35.0 Å². The molecule has 3 rings (SSSR count). The highest BCUT2D eigenvalue weighted by atomic mass is 79.9. The van der Waals surface area contributed by atoms with Crippen LogP contribution in [-0.4, -0.2) is 11.8 Å². The van der Waals surface area contributed by atoms with Crippen LogP contribution in [0.3, 0.4) is 0 Å². The van der Waals surface area contributed by atoms with Crippen molar-refractivity contribution in [1.82, 2.24) is 5.32 Å². The van der Waals surface area contributed by atoms with E-state index in [9.17, 15) is 9.59 Å². The molecule has 1 saturated carbocycles. The van der Waals surface area contributed by atoms with Crippen LogP contribution < -0.4 is 10.6 Å². The molecule has 2 aromatic rings. The first kappa shape index (κ1) is 17.7. The lowest BCUT2D eigenvalue weighted by Crippen LogP contribution is -2.28. The summed E-state index contributed by atoms with van der Waals surface area (Å²) in [6.07, 6.45) is 2.75. The number of rotatable bonds is 6. The summed E-state index contributed by atoms with van der Waals surface area (Å²) >= 11 is 3.42. The molecule has 0 aliphatic heterocycles. The number of halogens is 1. The van der Waals surface area contributed by atoms with Gasteiger partial charge in [-0.25, -0.2) is 0 Å². The summed E-state index contributed by atoms with van der Waals surface area (Å²) in [6.45, 7) is 2.05. The van der Waals surface area contributed by atoms with E-state index in [1.54, 1.807) is 24.3 Å². The Morgan fingerprint density at radius 1 is 1.08 bits per heavy atom. The maximum atomic E-state index is 12.5. The molecule has 130 valence electrons. The van der Waals surface area contributed by atoms with Crippen LogP contribution >= 0.6 is 15.9 Å². The van der Waals surface area contributed by atoms with E-state index >= 15 is 0 Å². The predicted octanol–water partition coefficient (Wildman–Crippen LogP) is 4.68. The molecule has 4 nitrogen and oxygen atoms in total. The lowest BCUT2D eigenvalue weighted by molar-refractivity contribution is -0.117. The fourth-order valence-corrected chi connectivity index (χ4v) is 2.92. The molecule has 0 aromatic heterocycles. The third kappa shape index (κ3) is 4.69. The molecule has 5 heteroatoms. The van der Waals surface area contributed by atoms with Gasteiger partial charge in [0, 0.05) is 21.6 Å². The van der Waals surface area contributed by atoms with Crippen molar-refractivity contribution in [2.75, 3.05) is 5.32 Å². The zero-order chi connectivity index (χ0) is 17.8. The fourth-order valence-electron chi connectivity index (χ4n) is 2.65. The van der Waals surface area contributed by atoms with Gasteiger partial charge in [-0.05, 0) is 61.2 Å². The Kier molecular flexibility index (Phi) is 5.53. The van der Waals surface area contributed by atoms with Crippen LogP contribution in [0.5, 0.6) is 0 Å². The first-order chi connectivity index (χ1) is 12.1. The lowest BCUT2D eigenvalue weighted by Gasteiger charge is -2.18. The Morgan fingerprint density at radius 3 is 2.28 bits per heavy atom. The highest BCUT2D eigenvalue weighted by Crippen LogP contribution is 2.30. The normalized spacial score (nSPS) is 14.6. The Morgan fingerprint density at radius 2 is 1.72 bits per heavy atom. The van der Waals surface area contributed by atoms with E-state index in [0.717, 1.165) is 35.0 Å². The van der Waals surface area contributed by atoms with Crippen molar-refractivity contribution in [2.24, 2.45) is 5.92 Å². The topological polar surface area (TPSA) is 58.2 Å². The highest BCUT2D eigenvalue weighted by molar-refractivity contribution is 9.10. The minimum absolute atomic E-state index is 0.0326. The second-order valence-corrected chi connectivity index (χ2v) is 7.24. The van der Waals surface area contributed by atoms with Crippen LogP contribution in [0, 0.1) is 5.92 Å². The van der Waals surface area contributed by atoms with Crippen molar-refractivity contribution < 1.29 is 9.59 Å². The molecule has 2 aromatic carbocycles. The summed E-state index contributed by atoms with van der Waals surface area (Å²) in [4.78, 5) is 24.3. The summed E-state index contributed by atoms with van der Waals surface area (Å²) < 4.78 is 1.02. The zero-order valence-corrected chi connectivity index (χ0v) is 15.7. The van der Waals surface area contributed by atoms with E-state index in [2.05, 4.69) is 26.6 Å². The van der Waals surface area contributed by atoms with Crippen LogP contribution in [0.15, 0.2) is 53.0 Å². The summed E-state index contributed by atoms with van der Waals surface area (Å²) in [5.41, 5.74) is 2.39. The van der Waals surface area contributed by atoms with E-state index in [1.165, 1.54) is 0 Å². The molecular formula is C20H21BrN2O2. The molecule has 0 bridgehead atoms. The van der Waals surface area contributed by atoms with Crippen molar-refractivity contribution in [1.29, 1.82) is 0 Å². The number of carbonyl (C=O) groups is 2. The van der Waals surface area contributed by atoms with Crippen LogP contribution in [0.2, 0.25) is 0 Å². The molecule has 0 heterocycles. The molecule has 0 unspecified atom stereocenters. The second-order valence-electron chi connectivity index (χ2n) is 6.33. The van der Waals surface area contributed by atoms with Gasteiger partial charge in [-0.15, -0.1) is 0 Å². The largest absolute Gasteiger partial charge is 0.345 e. The van der Waals surface area contributed by atoms with E-state index in [-0.39, 0.29) is 23.8 Å². The minimum atomic E-state index is -0.116. The molecule has 1 aliphatic rings. The number of hydrogen-bond acceptors (Lipinski definition) is 2. The predicted molar refractivity (Wildman–Crippen MR) is 102 cm³/mol. The van der Waals surface area contributed by atoms with Gasteiger partial charge in [0.2, 0.25) is 5.91 Å². The SMILES string of the molecule is CC[C@H](NC(=O)c1ccc(NC(=O)C2CC2)cc1)c1ccc(Br)cc1. The molecule has 0 spiro atoms. The van der Waals surface area contributed by atoms with E-state index < -0.39 is 0 Å². The number of anilines is 1. The van der Waals surface area contributed by atoms with Crippen LogP contribution in [0.4, 0.5) is 5.69 Å². The number of hydrogen-bond donors (Lipinski definition) is 2. The average Bonchev–Trinajstić information content (AvgIpc) is 3.46. The molecule has 2 N–H and O–H groups in total. The molecule has 0 saturated heterocycles. The maximum absolute atomic E-state index is 12.5. The monoisotopic (exact) mass is 400 g/mol. The fraction of sp³-hybridized carbons (Fsp3) is 0.300. The summed E-state index contributed by atoms with van der Waals surface area (Å²) in [5.74, 6) is 0.118. The third-order valence-electron chi connectivity index (χ3n) is 4.35. The third-order valence-corrected chi connectivity index (χ3v) is 4.88. The standard InChI is InChI=1S/C20H21BrN2O2/c1-2-18(13-5-9-16(21)10-6-13)23-20(25)15-7-11-17(12-8-15)22-19(24)14-3-4-14/h5-12,14,18H,2-4H2,1H3,(H,22,24)(H,23,25)/t18-/m0/s1. The quantitative estimate of drug-likeness (QED) is 0.739. The Labute approximate surface area is 156 Å². The van der Waals surface area contributed by atoms with Gasteiger partial charge >= 0.3 is 0 Å². The number of benzene rings is 2. The summed E-state index contributed by atoms with van der Waals surface area (Å²) in [5, 5.41) is 5.94. The smallest absolute Gasteiger partial charge is 0.251 e. The van der Waals surface area contributed by atoms with Crippen LogP contribution in [0.1, 0.15) is 48.1 Å². The minimum Gasteiger partial charge on any atom is -0.345 e. The van der Waals surface area contributed by atoms with Crippen molar-refractivity contribution in [3.05, 3.63) is 64.1 Å². The van der Waals surface area contributed by atoms with E-state index in [1.807, 2.05) is 31.2 Å². The molecule has 0 radical (unpaired) electrons. The molecule has 1 atom stereocenters. The van der Waals surface area contributed by atoms with Crippen LogP contribution in [-0.2, 0) is 4.79 Å². The number of amides is 2. The van der Waals surface area contributed by atoms with E-state index in [0.29, 0.717) is 5.56 Å². The van der Waals surface area contributed by atoms with Crippen molar-refractivity contribution >= 4 is 33.4 Å². The zero-order valence-electron chi connectivity index (χ0n) is 14.1. The molecule has 1 fully saturated rings. The first-order valence-electron chi connectivity index (χ1n) is 8.54. The van der Waals surface area contributed by atoms with Gasteiger partial charge < -0.3 is 10.6 Å². The summed E-state index contributed by atoms with van der Waals surface area (Å²) in [7, 11) is 0. The summed E-state index contributed by atoms with van der Waals surface area (Å²) in [6, 6.07) is 15.0. The lowest BCUT2D eigenvalue weighted by atomic mass is 10.0. The Balaban J connectivity index is 1.63. The van der Waals surface area contributed by atoms with Gasteiger partial charge in [0.15, 0.2) is 0 Å². The first-order valence-corrected chi connectivity index (χ1v) is 9.33. The number of carbonyl (C=O) groups excluding carboxylic acids is 2. The Bertz CT molecular complexity index is 752. The molecule has 25 heavy (non-hydrogen) atoms. The van der Waals surface area contributed by atoms with Crippen molar-refractivity contribution in [2.45, 2.75) is 32.2 Å². The van der Waals surface area contributed by atoms with E-state index in [4.69, 9.17) is 0 Å². The van der Waals surface area contributed by atoms with Gasteiger partial charge in [0.05, 0.1) is 6.04 Å². The molecule has 2 amide bonds. The number of nitrogens with one attached hydrogen (secondary N) is 2. The maximum Gasteiger partial charge on any atom is 0.251 e. The van der Waals surface area contributed by atoms with Gasteiger partial charge in [-0.2, -0.15) is 0 Å². The molecular weight excluding hydrogens is 380 g/mol. The average molecular weight is 401 g/mol. The van der Waals surface area contributed by atoms with Crippen LogP contribution in [0.25, 0.3) is 0 Å². The Hall–Kier alpha value is -2.14. The van der Waals surface area contributed by atoms with Crippen molar-refractivity contribution in [3.8, 4) is 0 Å².